The summed E-state index contributed by atoms with van der Waals surface area (Å²) in [5, 5.41) is 5.65. The third-order valence-electron chi connectivity index (χ3n) is 4.14. The van der Waals surface area contributed by atoms with Gasteiger partial charge < -0.3 is 4.74 Å². The van der Waals surface area contributed by atoms with Crippen molar-refractivity contribution in [3.63, 3.8) is 0 Å². The van der Waals surface area contributed by atoms with E-state index in [1.54, 1.807) is 31.2 Å². The van der Waals surface area contributed by atoms with E-state index in [0.717, 1.165) is 11.3 Å². The lowest BCUT2D eigenvalue weighted by Gasteiger charge is -2.12. The first kappa shape index (κ1) is 19.0. The Labute approximate surface area is 160 Å². The largest absolute Gasteiger partial charge is 0.452 e. The van der Waals surface area contributed by atoms with Crippen molar-refractivity contribution in [2.75, 3.05) is 18.9 Å². The standard InChI is InChI=1S/C20H20N2O4S/c1-2-27(25)18-11-7-6-10-16(18)20(24)26-14-19(23)22-13-12-17(21-22)15-8-4-3-5-9-15/h3-11H,2,12-14H2,1H3/t27-/m1/s1. The van der Waals surface area contributed by atoms with Crippen LogP contribution in [0.25, 0.3) is 0 Å². The van der Waals surface area contributed by atoms with E-state index in [9.17, 15) is 13.8 Å². The summed E-state index contributed by atoms with van der Waals surface area (Å²) in [6.07, 6.45) is 0.655. The van der Waals surface area contributed by atoms with Gasteiger partial charge in [0.15, 0.2) is 6.61 Å². The summed E-state index contributed by atoms with van der Waals surface area (Å²) in [6, 6.07) is 16.2. The van der Waals surface area contributed by atoms with E-state index in [2.05, 4.69) is 5.10 Å². The van der Waals surface area contributed by atoms with Gasteiger partial charge in [0.25, 0.3) is 5.91 Å². The average Bonchev–Trinajstić information content (AvgIpc) is 3.22. The lowest BCUT2D eigenvalue weighted by atomic mass is 10.1. The molecule has 0 aliphatic carbocycles. The number of ether oxygens (including phenoxy) is 1. The minimum absolute atomic E-state index is 0.223. The van der Waals surface area contributed by atoms with Gasteiger partial charge in [0.05, 0.1) is 33.5 Å². The van der Waals surface area contributed by atoms with Crippen LogP contribution >= 0.6 is 0 Å². The Hall–Kier alpha value is -2.80. The van der Waals surface area contributed by atoms with E-state index >= 15 is 0 Å². The molecule has 0 saturated heterocycles. The second kappa shape index (κ2) is 8.73. The van der Waals surface area contributed by atoms with Gasteiger partial charge in [-0.05, 0) is 17.7 Å². The maximum absolute atomic E-state index is 12.3. The average molecular weight is 384 g/mol. The highest BCUT2D eigenvalue weighted by atomic mass is 32.2. The van der Waals surface area contributed by atoms with Crippen molar-refractivity contribution in [1.82, 2.24) is 5.01 Å². The molecule has 2 aromatic rings. The molecule has 0 radical (unpaired) electrons. The lowest BCUT2D eigenvalue weighted by Crippen LogP contribution is -2.29. The molecular weight excluding hydrogens is 364 g/mol. The van der Waals surface area contributed by atoms with E-state index in [0.29, 0.717) is 23.6 Å². The number of carbonyl (C=O) groups excluding carboxylic acids is 2. The molecule has 1 aliphatic heterocycles. The van der Waals surface area contributed by atoms with E-state index < -0.39 is 23.4 Å². The molecule has 1 heterocycles. The third-order valence-corrected chi connectivity index (χ3v) is 5.51. The minimum Gasteiger partial charge on any atom is -0.452 e. The molecule has 140 valence electrons. The van der Waals surface area contributed by atoms with Crippen LogP contribution in [0.4, 0.5) is 0 Å². The third kappa shape index (κ3) is 4.49. The summed E-state index contributed by atoms with van der Waals surface area (Å²) < 4.78 is 17.2. The predicted molar refractivity (Wildman–Crippen MR) is 103 cm³/mol. The number of esters is 1. The Balaban J connectivity index is 1.63. The maximum atomic E-state index is 12.3. The van der Waals surface area contributed by atoms with E-state index in [1.807, 2.05) is 30.3 Å². The van der Waals surface area contributed by atoms with Crippen LogP contribution < -0.4 is 0 Å². The lowest BCUT2D eigenvalue weighted by molar-refractivity contribution is -0.134. The highest BCUT2D eigenvalue weighted by Crippen LogP contribution is 2.16. The van der Waals surface area contributed by atoms with Gasteiger partial charge in [-0.15, -0.1) is 0 Å². The number of rotatable bonds is 6. The summed E-state index contributed by atoms with van der Waals surface area (Å²) >= 11 is 0. The zero-order valence-electron chi connectivity index (χ0n) is 15.0. The highest BCUT2D eigenvalue weighted by molar-refractivity contribution is 7.85. The van der Waals surface area contributed by atoms with Crippen molar-refractivity contribution in [2.45, 2.75) is 18.2 Å². The molecule has 1 amide bonds. The van der Waals surface area contributed by atoms with Crippen LogP contribution in [0.2, 0.25) is 0 Å². The van der Waals surface area contributed by atoms with E-state index in [1.165, 1.54) is 5.01 Å². The Bertz CT molecular complexity index is 896. The molecule has 0 saturated carbocycles. The first-order valence-corrected chi connectivity index (χ1v) is 10.00. The Morgan fingerprint density at radius 1 is 1.11 bits per heavy atom. The van der Waals surface area contributed by atoms with Gasteiger partial charge in [0.1, 0.15) is 0 Å². The first-order chi connectivity index (χ1) is 13.1. The van der Waals surface area contributed by atoms with Crippen molar-refractivity contribution in [3.8, 4) is 0 Å². The number of benzene rings is 2. The maximum Gasteiger partial charge on any atom is 0.339 e. The van der Waals surface area contributed by atoms with Crippen molar-refractivity contribution < 1.29 is 18.5 Å². The summed E-state index contributed by atoms with van der Waals surface area (Å²) in [4.78, 5) is 25.1. The molecule has 0 spiro atoms. The molecule has 0 aromatic heterocycles. The van der Waals surface area contributed by atoms with Gasteiger partial charge in [0.2, 0.25) is 0 Å². The van der Waals surface area contributed by atoms with Crippen molar-refractivity contribution in [1.29, 1.82) is 0 Å². The Morgan fingerprint density at radius 3 is 2.56 bits per heavy atom. The molecule has 6 nitrogen and oxygen atoms in total. The molecule has 7 heteroatoms. The fourth-order valence-electron chi connectivity index (χ4n) is 2.74. The second-order valence-electron chi connectivity index (χ2n) is 5.89. The Kier molecular flexibility index (Phi) is 6.13. The van der Waals surface area contributed by atoms with E-state index in [-0.39, 0.29) is 11.5 Å². The van der Waals surface area contributed by atoms with Gasteiger partial charge in [-0.25, -0.2) is 9.80 Å². The topological polar surface area (TPSA) is 76.0 Å². The second-order valence-corrected chi connectivity index (χ2v) is 7.59. The molecule has 1 atom stereocenters. The number of hydrogen-bond donors (Lipinski definition) is 0. The molecule has 1 aliphatic rings. The molecule has 0 unspecified atom stereocenters. The quantitative estimate of drug-likeness (QED) is 0.718. The fraction of sp³-hybridized carbons (Fsp3) is 0.250. The monoisotopic (exact) mass is 384 g/mol. The molecule has 3 rings (SSSR count). The van der Waals surface area contributed by atoms with Gasteiger partial charge in [-0.3, -0.25) is 9.00 Å². The predicted octanol–water partition coefficient (Wildman–Crippen LogP) is 2.61. The zero-order chi connectivity index (χ0) is 19.2. The number of nitrogens with zero attached hydrogens (tertiary/aromatic N) is 2. The molecule has 0 N–H and O–H groups in total. The fourth-order valence-corrected chi connectivity index (χ4v) is 3.68. The molecule has 0 fully saturated rings. The van der Waals surface area contributed by atoms with Crippen molar-refractivity contribution in [2.24, 2.45) is 5.10 Å². The SMILES string of the molecule is CC[S@@](=O)c1ccccc1C(=O)OCC(=O)N1CCC(c2ccccc2)=N1. The van der Waals surface area contributed by atoms with Crippen LogP contribution in [0.5, 0.6) is 0 Å². The summed E-state index contributed by atoms with van der Waals surface area (Å²) in [5.74, 6) is -0.649. The van der Waals surface area contributed by atoms with Crippen LogP contribution in [0, 0.1) is 0 Å². The molecular formula is C20H20N2O4S. The first-order valence-electron chi connectivity index (χ1n) is 8.68. The van der Waals surface area contributed by atoms with Crippen LogP contribution in [-0.2, 0) is 20.3 Å². The number of hydrazone groups is 1. The molecule has 2 aromatic carbocycles. The summed E-state index contributed by atoms with van der Waals surface area (Å²) in [7, 11) is -1.28. The van der Waals surface area contributed by atoms with Gasteiger partial charge in [-0.2, -0.15) is 5.10 Å². The summed E-state index contributed by atoms with van der Waals surface area (Å²) in [5.41, 5.74) is 2.03. The number of hydrogen-bond acceptors (Lipinski definition) is 5. The van der Waals surface area contributed by atoms with Crippen molar-refractivity contribution in [3.05, 3.63) is 65.7 Å². The smallest absolute Gasteiger partial charge is 0.339 e. The minimum atomic E-state index is -1.28. The molecule has 0 bridgehead atoms. The highest BCUT2D eigenvalue weighted by Gasteiger charge is 2.23. The van der Waals surface area contributed by atoms with Gasteiger partial charge in [0, 0.05) is 12.2 Å². The van der Waals surface area contributed by atoms with Crippen molar-refractivity contribution >= 4 is 28.4 Å². The summed E-state index contributed by atoms with van der Waals surface area (Å²) in [6.45, 7) is 1.83. The Morgan fingerprint density at radius 2 is 1.81 bits per heavy atom. The number of amides is 1. The number of carbonyl (C=O) groups is 2. The molecule has 27 heavy (non-hydrogen) atoms. The van der Waals surface area contributed by atoms with Crippen LogP contribution in [0.3, 0.4) is 0 Å². The van der Waals surface area contributed by atoms with Crippen LogP contribution in [-0.4, -0.2) is 45.7 Å². The van der Waals surface area contributed by atoms with Gasteiger partial charge >= 0.3 is 5.97 Å². The van der Waals surface area contributed by atoms with Crippen LogP contribution in [0.15, 0.2) is 64.6 Å². The van der Waals surface area contributed by atoms with Crippen LogP contribution in [0.1, 0.15) is 29.3 Å². The normalized spacial score (nSPS) is 14.6. The zero-order valence-corrected chi connectivity index (χ0v) is 15.8. The van der Waals surface area contributed by atoms with E-state index in [4.69, 9.17) is 4.74 Å². The van der Waals surface area contributed by atoms with Gasteiger partial charge in [-0.1, -0.05) is 49.4 Å².